The van der Waals surface area contributed by atoms with Gasteiger partial charge in [0.15, 0.2) is 5.96 Å². The minimum Gasteiger partial charge on any atom is -0.495 e. The lowest BCUT2D eigenvalue weighted by Crippen LogP contribution is -2.43. The Morgan fingerprint density at radius 2 is 2.03 bits per heavy atom. The fourth-order valence-corrected chi connectivity index (χ4v) is 3.63. The highest BCUT2D eigenvalue weighted by molar-refractivity contribution is 14.0. The average molecular weight is 542 g/mol. The summed E-state index contributed by atoms with van der Waals surface area (Å²) in [5.74, 6) is 2.39. The van der Waals surface area contributed by atoms with Crippen molar-refractivity contribution in [2.45, 2.75) is 19.4 Å². The second-order valence-electron chi connectivity index (χ2n) is 7.49. The van der Waals surface area contributed by atoms with Crippen molar-refractivity contribution in [2.24, 2.45) is 10.9 Å². The number of methoxy groups -OCH3 is 1. The zero-order valence-corrected chi connectivity index (χ0v) is 20.6. The largest absolute Gasteiger partial charge is 0.495 e. The fourth-order valence-electron chi connectivity index (χ4n) is 3.63. The van der Waals surface area contributed by atoms with Gasteiger partial charge in [0.2, 0.25) is 0 Å². The van der Waals surface area contributed by atoms with Gasteiger partial charge in [0.1, 0.15) is 23.4 Å². The van der Waals surface area contributed by atoms with Crippen molar-refractivity contribution in [3.05, 3.63) is 54.3 Å². The van der Waals surface area contributed by atoms with Crippen molar-refractivity contribution in [3.63, 3.8) is 0 Å². The number of ether oxygens (including phenoxy) is 2. The first kappa shape index (κ1) is 25.0. The zero-order chi connectivity index (χ0) is 21.3. The Bertz CT molecular complexity index is 852. The maximum absolute atomic E-state index is 13.3. The van der Waals surface area contributed by atoms with E-state index in [1.807, 2.05) is 25.1 Å². The molecule has 2 atom stereocenters. The summed E-state index contributed by atoms with van der Waals surface area (Å²) in [6.45, 7) is 5.33. The number of nitrogens with zero attached hydrogens (tertiary/aromatic N) is 2. The van der Waals surface area contributed by atoms with Gasteiger partial charge in [-0.25, -0.2) is 4.39 Å². The molecule has 6 nitrogen and oxygen atoms in total. The second kappa shape index (κ2) is 12.6. The molecule has 0 amide bonds. The van der Waals surface area contributed by atoms with Crippen LogP contribution in [0, 0.1) is 11.7 Å². The van der Waals surface area contributed by atoms with Gasteiger partial charge in [-0.1, -0.05) is 18.2 Å². The SMILES string of the molecule is CN=C(NCC1CCN(c2ccccc2OC)C1)NCC(C)Oc1cccc(F)c1.I. The van der Waals surface area contributed by atoms with Crippen molar-refractivity contribution in [2.75, 3.05) is 45.2 Å². The maximum Gasteiger partial charge on any atom is 0.191 e. The molecule has 1 heterocycles. The van der Waals surface area contributed by atoms with E-state index in [0.29, 0.717) is 18.2 Å². The molecule has 1 aliphatic heterocycles. The van der Waals surface area contributed by atoms with Gasteiger partial charge in [-0.15, -0.1) is 24.0 Å². The number of hydrogen-bond donors (Lipinski definition) is 2. The number of guanidine groups is 1. The third-order valence-corrected chi connectivity index (χ3v) is 5.18. The second-order valence-corrected chi connectivity index (χ2v) is 7.49. The summed E-state index contributed by atoms with van der Waals surface area (Å²) in [6.07, 6.45) is 0.985. The molecule has 2 N–H and O–H groups in total. The predicted molar refractivity (Wildman–Crippen MR) is 135 cm³/mol. The standard InChI is InChI=1S/C23H31FN4O2.HI/c1-17(30-20-8-6-7-19(24)13-20)14-26-23(25-2)27-15-18-11-12-28(16-18)21-9-4-5-10-22(21)29-3;/h4-10,13,17-18H,11-12,14-16H2,1-3H3,(H2,25,26,27);1H. The van der Waals surface area contributed by atoms with Crippen molar-refractivity contribution < 1.29 is 13.9 Å². The Kier molecular flexibility index (Phi) is 10.2. The van der Waals surface area contributed by atoms with E-state index in [2.05, 4.69) is 26.6 Å². The summed E-state index contributed by atoms with van der Waals surface area (Å²) in [5, 5.41) is 6.68. The van der Waals surface area contributed by atoms with Crippen LogP contribution in [0.5, 0.6) is 11.5 Å². The molecule has 2 aromatic carbocycles. The van der Waals surface area contributed by atoms with E-state index >= 15 is 0 Å². The van der Waals surface area contributed by atoms with Crippen LogP contribution in [0.15, 0.2) is 53.5 Å². The molecule has 0 aliphatic carbocycles. The van der Waals surface area contributed by atoms with Crippen LogP contribution >= 0.6 is 24.0 Å². The highest BCUT2D eigenvalue weighted by atomic mass is 127. The van der Waals surface area contributed by atoms with Gasteiger partial charge >= 0.3 is 0 Å². The van der Waals surface area contributed by atoms with E-state index in [9.17, 15) is 4.39 Å². The van der Waals surface area contributed by atoms with Crippen molar-refractivity contribution in [1.29, 1.82) is 0 Å². The van der Waals surface area contributed by atoms with E-state index in [0.717, 1.165) is 43.5 Å². The summed E-state index contributed by atoms with van der Waals surface area (Å²) in [4.78, 5) is 6.66. The van der Waals surface area contributed by atoms with Gasteiger partial charge in [-0.05, 0) is 43.5 Å². The highest BCUT2D eigenvalue weighted by Crippen LogP contribution is 2.31. The molecule has 1 fully saturated rings. The third kappa shape index (κ3) is 7.45. The lowest BCUT2D eigenvalue weighted by Gasteiger charge is -2.22. The average Bonchev–Trinajstić information content (AvgIpc) is 3.22. The molecular formula is C23H32FIN4O2. The van der Waals surface area contributed by atoms with Gasteiger partial charge in [0, 0.05) is 32.7 Å². The predicted octanol–water partition coefficient (Wildman–Crippen LogP) is 3.91. The topological polar surface area (TPSA) is 58.1 Å². The number of aliphatic imine (C=N–C) groups is 1. The van der Waals surface area contributed by atoms with Gasteiger partial charge in [-0.3, -0.25) is 4.99 Å². The van der Waals surface area contributed by atoms with Crippen LogP contribution in [0.2, 0.25) is 0 Å². The number of nitrogens with one attached hydrogen (secondary N) is 2. The Labute approximate surface area is 201 Å². The normalized spacial score (nSPS) is 17.0. The van der Waals surface area contributed by atoms with Crippen molar-refractivity contribution in [3.8, 4) is 11.5 Å². The molecule has 170 valence electrons. The number of hydrogen-bond acceptors (Lipinski definition) is 4. The van der Waals surface area contributed by atoms with Crippen molar-refractivity contribution in [1.82, 2.24) is 10.6 Å². The van der Waals surface area contributed by atoms with Crippen LogP contribution in [0.4, 0.5) is 10.1 Å². The number of rotatable bonds is 8. The van der Waals surface area contributed by atoms with Crippen LogP contribution in [0.3, 0.4) is 0 Å². The Morgan fingerprint density at radius 3 is 2.77 bits per heavy atom. The third-order valence-electron chi connectivity index (χ3n) is 5.18. The number of para-hydroxylation sites is 2. The first-order chi connectivity index (χ1) is 14.6. The summed E-state index contributed by atoms with van der Waals surface area (Å²) in [7, 11) is 3.46. The molecule has 3 rings (SSSR count). The molecule has 8 heteroatoms. The Hall–Kier alpha value is -2.23. The summed E-state index contributed by atoms with van der Waals surface area (Å²) in [5.41, 5.74) is 1.15. The molecule has 2 unspecified atom stereocenters. The first-order valence-electron chi connectivity index (χ1n) is 10.3. The van der Waals surface area contributed by atoms with Gasteiger partial charge in [0.25, 0.3) is 0 Å². The van der Waals surface area contributed by atoms with E-state index in [1.54, 1.807) is 26.3 Å². The quantitative estimate of drug-likeness (QED) is 0.301. The lowest BCUT2D eigenvalue weighted by molar-refractivity contribution is 0.223. The lowest BCUT2D eigenvalue weighted by atomic mass is 10.1. The van der Waals surface area contributed by atoms with E-state index < -0.39 is 0 Å². The van der Waals surface area contributed by atoms with E-state index in [4.69, 9.17) is 9.47 Å². The molecule has 0 bridgehead atoms. The molecule has 0 radical (unpaired) electrons. The smallest absolute Gasteiger partial charge is 0.191 e. The molecule has 1 aliphatic rings. The van der Waals surface area contributed by atoms with Crippen LogP contribution < -0.4 is 25.0 Å². The monoisotopic (exact) mass is 542 g/mol. The Morgan fingerprint density at radius 1 is 1.23 bits per heavy atom. The van der Waals surface area contributed by atoms with Crippen LogP contribution in [-0.2, 0) is 0 Å². The van der Waals surface area contributed by atoms with Crippen LogP contribution in [0.1, 0.15) is 13.3 Å². The number of halogens is 2. The van der Waals surface area contributed by atoms with Gasteiger partial charge in [-0.2, -0.15) is 0 Å². The van der Waals surface area contributed by atoms with Crippen molar-refractivity contribution >= 4 is 35.6 Å². The molecule has 0 saturated carbocycles. The van der Waals surface area contributed by atoms with Crippen LogP contribution in [-0.4, -0.2) is 52.4 Å². The number of benzene rings is 2. The minimum atomic E-state index is -0.302. The fraction of sp³-hybridized carbons (Fsp3) is 0.435. The summed E-state index contributed by atoms with van der Waals surface area (Å²) >= 11 is 0. The highest BCUT2D eigenvalue weighted by Gasteiger charge is 2.24. The molecular weight excluding hydrogens is 510 g/mol. The zero-order valence-electron chi connectivity index (χ0n) is 18.3. The maximum atomic E-state index is 13.3. The molecule has 1 saturated heterocycles. The van der Waals surface area contributed by atoms with Gasteiger partial charge in [0.05, 0.1) is 19.3 Å². The first-order valence-corrected chi connectivity index (χ1v) is 10.3. The van der Waals surface area contributed by atoms with E-state index in [-0.39, 0.29) is 35.9 Å². The Balaban J connectivity index is 0.00000341. The number of anilines is 1. The summed E-state index contributed by atoms with van der Waals surface area (Å²) < 4.78 is 24.5. The summed E-state index contributed by atoms with van der Waals surface area (Å²) in [6, 6.07) is 14.3. The molecule has 0 aromatic heterocycles. The van der Waals surface area contributed by atoms with E-state index in [1.165, 1.54) is 12.1 Å². The van der Waals surface area contributed by atoms with Crippen LogP contribution in [0.25, 0.3) is 0 Å². The van der Waals surface area contributed by atoms with Gasteiger partial charge < -0.3 is 25.0 Å². The molecule has 0 spiro atoms. The minimum absolute atomic E-state index is 0. The molecule has 31 heavy (non-hydrogen) atoms. The molecule has 2 aromatic rings.